The van der Waals surface area contributed by atoms with Crippen molar-refractivity contribution in [3.63, 3.8) is 0 Å². The number of sulfonamides is 1. The molecule has 120 valence electrons. The first-order valence-corrected chi connectivity index (χ1v) is 8.57. The molecule has 2 aliphatic heterocycles. The molecule has 0 radical (unpaired) electrons. The summed E-state index contributed by atoms with van der Waals surface area (Å²) in [5, 5.41) is 0. The number of carbonyl (C=O) groups is 2. The van der Waals surface area contributed by atoms with Crippen LogP contribution in [0.5, 0.6) is 0 Å². The first-order valence-electron chi connectivity index (χ1n) is 6.96. The zero-order chi connectivity index (χ0) is 16.1. The Hall–Kier alpha value is -1.15. The summed E-state index contributed by atoms with van der Waals surface area (Å²) in [5.74, 6) is -0.815. The summed E-state index contributed by atoms with van der Waals surface area (Å²) in [5.41, 5.74) is -1.74. The third-order valence-electron chi connectivity index (χ3n) is 3.98. The van der Waals surface area contributed by atoms with E-state index in [9.17, 15) is 18.0 Å². The van der Waals surface area contributed by atoms with Crippen LogP contribution in [0.4, 0.5) is 4.79 Å². The van der Waals surface area contributed by atoms with E-state index in [4.69, 9.17) is 4.74 Å². The van der Waals surface area contributed by atoms with Crippen molar-refractivity contribution in [1.29, 1.82) is 0 Å². The average Bonchev–Trinajstić information content (AvgIpc) is 2.49. The summed E-state index contributed by atoms with van der Waals surface area (Å²) in [7, 11) is -2.15. The van der Waals surface area contributed by atoms with Gasteiger partial charge in [0.05, 0.1) is 6.54 Å². The van der Waals surface area contributed by atoms with Crippen molar-refractivity contribution in [3.8, 4) is 0 Å². The Kier molecular flexibility index (Phi) is 3.82. The monoisotopic (exact) mass is 318 g/mol. The topological polar surface area (TPSA) is 84.0 Å². The van der Waals surface area contributed by atoms with Gasteiger partial charge in [0.15, 0.2) is 5.78 Å². The number of Topliss-reactive ketones (excluding diaryl/α,β-unsaturated/α-hetero) is 1. The summed E-state index contributed by atoms with van der Waals surface area (Å²) >= 11 is 0. The second-order valence-corrected chi connectivity index (χ2v) is 8.68. The molecule has 2 heterocycles. The highest BCUT2D eigenvalue weighted by molar-refractivity contribution is 7.90. The zero-order valence-electron chi connectivity index (χ0n) is 12.9. The molecule has 8 heteroatoms. The summed E-state index contributed by atoms with van der Waals surface area (Å²) in [6.45, 7) is 5.83. The Labute approximate surface area is 125 Å². The molecule has 1 spiro atoms. The predicted molar refractivity (Wildman–Crippen MR) is 76.3 cm³/mol. The molecule has 0 aliphatic carbocycles. The third-order valence-corrected chi connectivity index (χ3v) is 5.79. The van der Waals surface area contributed by atoms with E-state index < -0.39 is 33.0 Å². The minimum absolute atomic E-state index is 0.0659. The number of rotatable bonds is 0. The number of piperidine rings is 1. The quantitative estimate of drug-likeness (QED) is 0.653. The van der Waals surface area contributed by atoms with Gasteiger partial charge in [-0.25, -0.2) is 13.2 Å². The smallest absolute Gasteiger partial charge is 0.410 e. The number of ketones is 1. The molecular formula is C13H22N2O5S. The van der Waals surface area contributed by atoms with Gasteiger partial charge in [0, 0.05) is 13.6 Å². The maximum atomic E-state index is 12.2. The van der Waals surface area contributed by atoms with Crippen LogP contribution in [0.1, 0.15) is 33.6 Å². The van der Waals surface area contributed by atoms with E-state index in [1.54, 1.807) is 20.8 Å². The molecule has 2 saturated heterocycles. The van der Waals surface area contributed by atoms with Gasteiger partial charge in [-0.3, -0.25) is 4.79 Å². The van der Waals surface area contributed by atoms with Gasteiger partial charge < -0.3 is 9.64 Å². The number of ether oxygens (including phenoxy) is 1. The second kappa shape index (κ2) is 4.95. The van der Waals surface area contributed by atoms with Crippen molar-refractivity contribution >= 4 is 21.9 Å². The van der Waals surface area contributed by atoms with Crippen LogP contribution in [-0.2, 0) is 19.6 Å². The number of nitrogens with zero attached hydrogens (tertiary/aromatic N) is 2. The van der Waals surface area contributed by atoms with E-state index >= 15 is 0 Å². The summed E-state index contributed by atoms with van der Waals surface area (Å²) < 4.78 is 30.3. The van der Waals surface area contributed by atoms with Crippen LogP contribution < -0.4 is 0 Å². The van der Waals surface area contributed by atoms with Crippen LogP contribution in [0.3, 0.4) is 0 Å². The number of hydrogen-bond acceptors (Lipinski definition) is 5. The minimum Gasteiger partial charge on any atom is -0.444 e. The highest BCUT2D eigenvalue weighted by Crippen LogP contribution is 2.35. The summed E-state index contributed by atoms with van der Waals surface area (Å²) in [6.07, 6.45) is 0.512. The number of carbonyl (C=O) groups excluding carboxylic acids is 2. The van der Waals surface area contributed by atoms with Crippen LogP contribution in [0.2, 0.25) is 0 Å². The Balaban J connectivity index is 2.22. The fraction of sp³-hybridized carbons (Fsp3) is 0.846. The fourth-order valence-corrected chi connectivity index (χ4v) is 4.42. The highest BCUT2D eigenvalue weighted by atomic mass is 32.2. The molecule has 0 N–H and O–H groups in total. The van der Waals surface area contributed by atoms with E-state index in [1.165, 1.54) is 11.9 Å². The lowest BCUT2D eigenvalue weighted by Crippen LogP contribution is -2.60. The maximum absolute atomic E-state index is 12.2. The van der Waals surface area contributed by atoms with Crippen LogP contribution in [0, 0.1) is 0 Å². The average molecular weight is 318 g/mol. The molecule has 0 aromatic heterocycles. The molecule has 2 aliphatic rings. The van der Waals surface area contributed by atoms with Gasteiger partial charge in [0.2, 0.25) is 10.0 Å². The van der Waals surface area contributed by atoms with Crippen molar-refractivity contribution in [2.45, 2.75) is 44.8 Å². The molecule has 1 atom stereocenters. The van der Waals surface area contributed by atoms with E-state index in [0.29, 0.717) is 19.4 Å². The number of likely N-dealkylation sites (N-methyl/N-ethyl adjacent to an activating group) is 1. The molecular weight excluding hydrogens is 296 g/mol. The predicted octanol–water partition coefficient (Wildman–Crippen LogP) is 0.600. The van der Waals surface area contributed by atoms with Crippen LogP contribution in [0.15, 0.2) is 0 Å². The van der Waals surface area contributed by atoms with Crippen LogP contribution in [0.25, 0.3) is 0 Å². The Bertz CT molecular complexity index is 566. The summed E-state index contributed by atoms with van der Waals surface area (Å²) in [6, 6.07) is 0. The Morgan fingerprint density at radius 1 is 1.33 bits per heavy atom. The van der Waals surface area contributed by atoms with Gasteiger partial charge in [-0.2, -0.15) is 4.31 Å². The molecule has 0 aromatic rings. The lowest BCUT2D eigenvalue weighted by atomic mass is 9.86. The van der Waals surface area contributed by atoms with E-state index in [-0.39, 0.29) is 12.3 Å². The highest BCUT2D eigenvalue weighted by Gasteiger charge is 2.56. The first-order chi connectivity index (χ1) is 9.48. The molecule has 21 heavy (non-hydrogen) atoms. The lowest BCUT2D eigenvalue weighted by molar-refractivity contribution is -0.126. The Morgan fingerprint density at radius 3 is 2.43 bits per heavy atom. The lowest BCUT2D eigenvalue weighted by Gasteiger charge is -2.42. The van der Waals surface area contributed by atoms with Crippen LogP contribution >= 0.6 is 0 Å². The largest absolute Gasteiger partial charge is 0.444 e. The van der Waals surface area contributed by atoms with Crippen molar-refractivity contribution in [1.82, 2.24) is 9.21 Å². The van der Waals surface area contributed by atoms with E-state index in [1.807, 2.05) is 0 Å². The number of hydrogen-bond donors (Lipinski definition) is 0. The zero-order valence-corrected chi connectivity index (χ0v) is 13.7. The molecule has 0 saturated carbocycles. The normalized spacial score (nSPS) is 29.9. The third kappa shape index (κ3) is 2.91. The van der Waals surface area contributed by atoms with Crippen molar-refractivity contribution in [2.75, 3.05) is 25.9 Å². The first kappa shape index (κ1) is 16.2. The van der Waals surface area contributed by atoms with E-state index in [0.717, 1.165) is 4.31 Å². The molecule has 1 amide bonds. The maximum Gasteiger partial charge on any atom is 0.410 e. The molecule has 0 bridgehead atoms. The van der Waals surface area contributed by atoms with Gasteiger partial charge in [0.1, 0.15) is 16.9 Å². The molecule has 7 nitrogen and oxygen atoms in total. The standard InChI is InChI=1S/C13H22N2O5S/c1-12(2,3)20-11(17)15-7-5-6-13(9-15)10(16)8-21(18,19)14(13)4/h5-9H2,1-4H3. The fourth-order valence-electron chi connectivity index (χ4n) is 2.84. The minimum atomic E-state index is -3.56. The molecule has 1 unspecified atom stereocenters. The molecule has 0 aromatic carbocycles. The summed E-state index contributed by atoms with van der Waals surface area (Å²) in [4.78, 5) is 25.8. The van der Waals surface area contributed by atoms with Crippen molar-refractivity contribution in [3.05, 3.63) is 0 Å². The van der Waals surface area contributed by atoms with Crippen molar-refractivity contribution < 1.29 is 22.7 Å². The number of amides is 1. The number of likely N-dealkylation sites (tertiary alicyclic amines) is 1. The van der Waals surface area contributed by atoms with E-state index in [2.05, 4.69) is 0 Å². The molecule has 2 rings (SSSR count). The van der Waals surface area contributed by atoms with Gasteiger partial charge >= 0.3 is 6.09 Å². The van der Waals surface area contributed by atoms with Crippen LogP contribution in [-0.4, -0.2) is 66.5 Å². The van der Waals surface area contributed by atoms with Gasteiger partial charge in [-0.1, -0.05) is 0 Å². The SMILES string of the molecule is CN1C2(CCCN(C(=O)OC(C)(C)C)C2)C(=O)CS1(=O)=O. The van der Waals surface area contributed by atoms with Gasteiger partial charge in [0.25, 0.3) is 0 Å². The van der Waals surface area contributed by atoms with Gasteiger partial charge in [-0.15, -0.1) is 0 Å². The van der Waals surface area contributed by atoms with Crippen molar-refractivity contribution in [2.24, 2.45) is 0 Å². The molecule has 2 fully saturated rings. The second-order valence-electron chi connectivity index (χ2n) is 6.68. The van der Waals surface area contributed by atoms with Gasteiger partial charge in [-0.05, 0) is 33.6 Å². The Morgan fingerprint density at radius 2 is 1.95 bits per heavy atom.